The molecular weight excluding hydrogens is 508 g/mol. The second-order valence-corrected chi connectivity index (χ2v) is 8.00. The van der Waals surface area contributed by atoms with Crippen LogP contribution in [0.15, 0.2) is 54.0 Å². The molecule has 2 fully saturated rings. The molecule has 11 nitrogen and oxygen atoms in total. The minimum Gasteiger partial charge on any atom is -0.481 e. The van der Waals surface area contributed by atoms with E-state index in [1.807, 2.05) is 0 Å². The van der Waals surface area contributed by atoms with Gasteiger partial charge in [0.15, 0.2) is 0 Å². The Morgan fingerprint density at radius 1 is 1.00 bits per heavy atom. The summed E-state index contributed by atoms with van der Waals surface area (Å²) in [5.74, 6) is -0.952. The SMILES string of the molecule is C.C.CC(=O)O.CN1C(=O)CSC1=O.O=C1NC(=O)/C(=C/c2ccncc2)S1.O=Cc1ccncc1. The highest BCUT2D eigenvalue weighted by Crippen LogP contribution is 2.25. The first kappa shape index (κ1) is 34.3. The maximum atomic E-state index is 11.2. The number of rotatable bonds is 2. The van der Waals surface area contributed by atoms with E-state index in [0.29, 0.717) is 16.2 Å². The number of carboxylic acid groups (broad SMARTS) is 1. The summed E-state index contributed by atoms with van der Waals surface area (Å²) in [5, 5.41) is 9.14. The second kappa shape index (κ2) is 18.5. The molecule has 2 aromatic heterocycles. The average Bonchev–Trinajstić information content (AvgIpc) is 3.29. The van der Waals surface area contributed by atoms with Crippen molar-refractivity contribution < 1.29 is 33.9 Å². The van der Waals surface area contributed by atoms with Crippen molar-refractivity contribution in [2.24, 2.45) is 0 Å². The Labute approximate surface area is 217 Å². The average molecular weight is 537 g/mol. The molecule has 0 atom stereocenters. The molecule has 0 saturated carbocycles. The van der Waals surface area contributed by atoms with Crippen molar-refractivity contribution in [3.05, 3.63) is 65.1 Å². The van der Waals surface area contributed by atoms with Gasteiger partial charge in [0.2, 0.25) is 5.91 Å². The van der Waals surface area contributed by atoms with Gasteiger partial charge in [-0.2, -0.15) is 0 Å². The molecule has 4 amide bonds. The molecule has 194 valence electrons. The number of imide groups is 2. The molecule has 0 spiro atoms. The van der Waals surface area contributed by atoms with Crippen molar-refractivity contribution >= 4 is 64.1 Å². The van der Waals surface area contributed by atoms with E-state index in [2.05, 4.69) is 15.3 Å². The molecule has 36 heavy (non-hydrogen) atoms. The van der Waals surface area contributed by atoms with Gasteiger partial charge in [0.05, 0.1) is 10.7 Å². The van der Waals surface area contributed by atoms with Gasteiger partial charge in [0.1, 0.15) is 6.29 Å². The number of hydrogen-bond donors (Lipinski definition) is 2. The van der Waals surface area contributed by atoms with Crippen molar-refractivity contribution in [1.82, 2.24) is 20.2 Å². The number of nitrogens with one attached hydrogen (secondary N) is 1. The Morgan fingerprint density at radius 2 is 1.47 bits per heavy atom. The van der Waals surface area contributed by atoms with Crippen LogP contribution in [0.25, 0.3) is 6.08 Å². The number of carbonyl (C=O) groups excluding carboxylic acids is 5. The fourth-order valence-electron chi connectivity index (χ4n) is 1.89. The lowest BCUT2D eigenvalue weighted by Gasteiger charge is -1.99. The van der Waals surface area contributed by atoms with E-state index in [4.69, 9.17) is 9.90 Å². The Kier molecular flexibility index (Phi) is 17.6. The van der Waals surface area contributed by atoms with Gasteiger partial charge in [0.25, 0.3) is 22.4 Å². The number of carbonyl (C=O) groups is 6. The van der Waals surface area contributed by atoms with Crippen LogP contribution in [0.5, 0.6) is 0 Å². The molecule has 2 aliphatic rings. The highest BCUT2D eigenvalue weighted by Gasteiger charge is 2.25. The molecule has 4 heterocycles. The molecule has 0 unspecified atom stereocenters. The molecule has 0 radical (unpaired) electrons. The molecular formula is C23H28N4O7S2. The Morgan fingerprint density at radius 3 is 1.75 bits per heavy atom. The first-order chi connectivity index (χ1) is 16.1. The number of aliphatic carboxylic acids is 1. The van der Waals surface area contributed by atoms with Gasteiger partial charge in [-0.15, -0.1) is 0 Å². The van der Waals surface area contributed by atoms with E-state index in [1.54, 1.807) is 55.1 Å². The zero-order chi connectivity index (χ0) is 25.5. The zero-order valence-corrected chi connectivity index (χ0v) is 19.7. The highest BCUT2D eigenvalue weighted by molar-refractivity contribution is 8.18. The summed E-state index contributed by atoms with van der Waals surface area (Å²) in [6, 6.07) is 6.85. The molecule has 2 saturated heterocycles. The van der Waals surface area contributed by atoms with Crippen LogP contribution in [0, 0.1) is 0 Å². The summed E-state index contributed by atoms with van der Waals surface area (Å²) >= 11 is 1.96. The predicted molar refractivity (Wildman–Crippen MR) is 140 cm³/mol. The van der Waals surface area contributed by atoms with Crippen LogP contribution in [-0.4, -0.2) is 67.3 Å². The number of pyridine rings is 2. The van der Waals surface area contributed by atoms with Crippen LogP contribution in [0.2, 0.25) is 0 Å². The van der Waals surface area contributed by atoms with Gasteiger partial charge in [-0.05, 0) is 47.7 Å². The van der Waals surface area contributed by atoms with Crippen LogP contribution < -0.4 is 5.32 Å². The van der Waals surface area contributed by atoms with Crippen LogP contribution in [0.4, 0.5) is 9.59 Å². The van der Waals surface area contributed by atoms with E-state index in [9.17, 15) is 24.0 Å². The van der Waals surface area contributed by atoms with Crippen LogP contribution in [0.1, 0.15) is 37.7 Å². The van der Waals surface area contributed by atoms with Crippen LogP contribution >= 0.6 is 23.5 Å². The van der Waals surface area contributed by atoms with E-state index in [0.717, 1.165) is 47.2 Å². The summed E-state index contributed by atoms with van der Waals surface area (Å²) in [6.07, 6.45) is 8.89. The highest BCUT2D eigenvalue weighted by atomic mass is 32.2. The van der Waals surface area contributed by atoms with Crippen molar-refractivity contribution in [2.45, 2.75) is 21.8 Å². The van der Waals surface area contributed by atoms with Gasteiger partial charge in [0, 0.05) is 44.3 Å². The minimum absolute atomic E-state index is 0. The number of thioether (sulfide) groups is 2. The molecule has 0 aliphatic carbocycles. The Hall–Kier alpha value is -3.84. The normalized spacial score (nSPS) is 14.4. The van der Waals surface area contributed by atoms with Gasteiger partial charge in [-0.3, -0.25) is 49.0 Å². The van der Waals surface area contributed by atoms with Gasteiger partial charge >= 0.3 is 0 Å². The maximum Gasteiger partial charge on any atom is 0.300 e. The summed E-state index contributed by atoms with van der Waals surface area (Å²) in [4.78, 5) is 71.0. The van der Waals surface area contributed by atoms with Crippen molar-refractivity contribution in [2.75, 3.05) is 12.8 Å². The van der Waals surface area contributed by atoms with Gasteiger partial charge in [-0.25, -0.2) is 0 Å². The molecule has 2 aromatic rings. The number of hydrogen-bond acceptors (Lipinski definition) is 10. The van der Waals surface area contributed by atoms with Gasteiger partial charge in [-0.1, -0.05) is 26.6 Å². The van der Waals surface area contributed by atoms with E-state index >= 15 is 0 Å². The quantitative estimate of drug-likeness (QED) is 0.421. The van der Waals surface area contributed by atoms with Crippen molar-refractivity contribution in [1.29, 1.82) is 0 Å². The maximum absolute atomic E-state index is 11.2. The molecule has 0 aromatic carbocycles. The third-order valence-corrected chi connectivity index (χ3v) is 5.18. The number of aldehydes is 1. The summed E-state index contributed by atoms with van der Waals surface area (Å²) in [7, 11) is 1.49. The first-order valence-electron chi connectivity index (χ1n) is 9.27. The zero-order valence-electron chi connectivity index (χ0n) is 18.0. The largest absolute Gasteiger partial charge is 0.481 e. The number of amides is 4. The summed E-state index contributed by atoms with van der Waals surface area (Å²) < 4.78 is 0. The number of carboxylic acids is 1. The fraction of sp³-hybridized carbons (Fsp3) is 0.217. The standard InChI is InChI=1S/C9H6N2O2S.C6H5NO.C4H5NO2S.C2H4O2.2CH4/c12-8-7(14-9(13)11-8)5-6-1-3-10-4-2-6;8-5-6-1-3-7-4-2-6;1-5-3(6)2-8-4(5)7;1-2(3)4;;/h1-5H,(H,11,12,13);1-5H;2H2,1H3;1H3,(H,3,4);2*1H4/b7-5-;;;;;. The fourth-order valence-corrected chi connectivity index (χ4v) is 3.31. The number of nitrogens with zero attached hydrogens (tertiary/aromatic N) is 3. The summed E-state index contributed by atoms with van der Waals surface area (Å²) in [5.41, 5.74) is 1.52. The lowest BCUT2D eigenvalue weighted by Crippen LogP contribution is -2.22. The molecule has 2 aliphatic heterocycles. The summed E-state index contributed by atoms with van der Waals surface area (Å²) in [6.45, 7) is 1.08. The third kappa shape index (κ3) is 13.8. The van der Waals surface area contributed by atoms with E-state index < -0.39 is 5.97 Å². The smallest absolute Gasteiger partial charge is 0.300 e. The minimum atomic E-state index is -0.833. The Bertz CT molecular complexity index is 1040. The number of aromatic nitrogens is 2. The molecule has 13 heteroatoms. The topological polar surface area (TPSA) is 164 Å². The molecule has 2 N–H and O–H groups in total. The van der Waals surface area contributed by atoms with E-state index in [1.165, 1.54) is 7.05 Å². The van der Waals surface area contributed by atoms with Gasteiger partial charge < -0.3 is 5.11 Å². The lowest BCUT2D eigenvalue weighted by atomic mass is 10.2. The van der Waals surface area contributed by atoms with Crippen LogP contribution in [0.3, 0.4) is 0 Å². The third-order valence-electron chi connectivity index (χ3n) is 3.46. The second-order valence-electron chi connectivity index (χ2n) is 6.06. The molecule has 4 rings (SSSR count). The lowest BCUT2D eigenvalue weighted by molar-refractivity contribution is -0.134. The first-order valence-corrected chi connectivity index (χ1v) is 11.1. The molecule has 0 bridgehead atoms. The Balaban J connectivity index is 0. The van der Waals surface area contributed by atoms with Crippen LogP contribution in [-0.2, 0) is 14.4 Å². The van der Waals surface area contributed by atoms with Crippen molar-refractivity contribution in [3.8, 4) is 0 Å². The predicted octanol–water partition coefficient (Wildman–Crippen LogP) is 3.97. The van der Waals surface area contributed by atoms with E-state index in [-0.39, 0.29) is 37.1 Å². The van der Waals surface area contributed by atoms with Crippen molar-refractivity contribution in [3.63, 3.8) is 0 Å². The monoisotopic (exact) mass is 536 g/mol.